The summed E-state index contributed by atoms with van der Waals surface area (Å²) in [5.41, 5.74) is 0.989. The Balaban J connectivity index is 1.48. The van der Waals surface area contributed by atoms with Crippen molar-refractivity contribution in [1.29, 1.82) is 0 Å². The van der Waals surface area contributed by atoms with E-state index in [1.165, 1.54) is 6.08 Å². The Morgan fingerprint density at radius 3 is 2.77 bits per heavy atom. The third kappa shape index (κ3) is 5.01. The highest BCUT2D eigenvalue weighted by molar-refractivity contribution is 5.91. The van der Waals surface area contributed by atoms with Crippen molar-refractivity contribution in [2.24, 2.45) is 0 Å². The third-order valence-electron chi connectivity index (χ3n) is 3.52. The van der Waals surface area contributed by atoms with Crippen molar-refractivity contribution in [1.82, 2.24) is 25.1 Å². The van der Waals surface area contributed by atoms with Gasteiger partial charge in [-0.25, -0.2) is 14.6 Å². The Morgan fingerprint density at radius 2 is 2.00 bits per heavy atom. The summed E-state index contributed by atoms with van der Waals surface area (Å²) in [6, 6.07) is 13.3. The van der Waals surface area contributed by atoms with E-state index in [4.69, 9.17) is 0 Å². The van der Waals surface area contributed by atoms with Gasteiger partial charge in [-0.15, -0.1) is 0 Å². The van der Waals surface area contributed by atoms with E-state index < -0.39 is 0 Å². The smallest absolute Gasteiger partial charge is 0.244 e. The number of hydrogen-bond donors (Lipinski definition) is 2. The maximum absolute atomic E-state index is 11.8. The fourth-order valence-corrected chi connectivity index (χ4v) is 2.34. The first-order chi connectivity index (χ1) is 12.7. The zero-order chi connectivity index (χ0) is 18.2. The molecule has 2 N–H and O–H groups in total. The molecule has 1 aromatic carbocycles. The van der Waals surface area contributed by atoms with E-state index >= 15 is 0 Å². The normalized spacial score (nSPS) is 10.8. The minimum Gasteiger partial charge on any atom is -0.368 e. The maximum Gasteiger partial charge on any atom is 0.244 e. The molecule has 7 heteroatoms. The molecule has 0 aliphatic carbocycles. The molecule has 0 saturated heterocycles. The van der Waals surface area contributed by atoms with Gasteiger partial charge in [0.15, 0.2) is 5.82 Å². The largest absolute Gasteiger partial charge is 0.368 e. The van der Waals surface area contributed by atoms with E-state index in [0.717, 1.165) is 5.56 Å². The SMILES string of the molecule is Cc1nc(NCCNC(=O)/C=C/c2ccccc2)cc(-n2cccn2)n1. The first-order valence-electron chi connectivity index (χ1n) is 8.31. The molecule has 2 aromatic heterocycles. The predicted octanol–water partition coefficient (Wildman–Crippen LogP) is 2.21. The Bertz CT molecular complexity index is 874. The van der Waals surface area contributed by atoms with Crippen molar-refractivity contribution in [3.8, 4) is 5.82 Å². The molecule has 3 aromatic rings. The first kappa shape index (κ1) is 17.3. The molecule has 7 nitrogen and oxygen atoms in total. The second-order valence-electron chi connectivity index (χ2n) is 5.57. The zero-order valence-electron chi connectivity index (χ0n) is 14.5. The molecule has 0 spiro atoms. The Labute approximate surface area is 151 Å². The molecule has 1 amide bonds. The molecule has 132 valence electrons. The van der Waals surface area contributed by atoms with Gasteiger partial charge in [-0.3, -0.25) is 4.79 Å². The van der Waals surface area contributed by atoms with E-state index in [1.54, 1.807) is 17.0 Å². The van der Waals surface area contributed by atoms with Crippen LogP contribution in [0.4, 0.5) is 5.82 Å². The summed E-state index contributed by atoms with van der Waals surface area (Å²) in [6.07, 6.45) is 6.83. The molecule has 0 fully saturated rings. The van der Waals surface area contributed by atoms with Crippen LogP contribution in [0.1, 0.15) is 11.4 Å². The number of benzene rings is 1. The molecule has 0 saturated carbocycles. The van der Waals surface area contributed by atoms with Gasteiger partial charge in [0.2, 0.25) is 5.91 Å². The summed E-state index contributed by atoms with van der Waals surface area (Å²) in [5.74, 6) is 1.90. The van der Waals surface area contributed by atoms with Crippen LogP contribution in [0.15, 0.2) is 60.9 Å². The quantitative estimate of drug-likeness (QED) is 0.505. The highest BCUT2D eigenvalue weighted by Crippen LogP contribution is 2.09. The summed E-state index contributed by atoms with van der Waals surface area (Å²) in [4.78, 5) is 20.5. The number of nitrogens with one attached hydrogen (secondary N) is 2. The van der Waals surface area contributed by atoms with Crippen LogP contribution >= 0.6 is 0 Å². The number of carbonyl (C=O) groups is 1. The van der Waals surface area contributed by atoms with Gasteiger partial charge in [0.05, 0.1) is 0 Å². The Kier molecular flexibility index (Phi) is 5.72. The number of hydrogen-bond acceptors (Lipinski definition) is 5. The van der Waals surface area contributed by atoms with Crippen LogP contribution in [0, 0.1) is 6.92 Å². The predicted molar refractivity (Wildman–Crippen MR) is 101 cm³/mol. The van der Waals surface area contributed by atoms with Crippen molar-refractivity contribution >= 4 is 17.8 Å². The number of anilines is 1. The van der Waals surface area contributed by atoms with Crippen molar-refractivity contribution in [2.45, 2.75) is 6.92 Å². The maximum atomic E-state index is 11.8. The summed E-state index contributed by atoms with van der Waals surface area (Å²) in [7, 11) is 0. The Morgan fingerprint density at radius 1 is 1.15 bits per heavy atom. The van der Waals surface area contributed by atoms with Gasteiger partial charge in [0.1, 0.15) is 11.6 Å². The monoisotopic (exact) mass is 348 g/mol. The molecular formula is C19H20N6O. The van der Waals surface area contributed by atoms with E-state index in [-0.39, 0.29) is 5.91 Å². The summed E-state index contributed by atoms with van der Waals surface area (Å²) in [5, 5.41) is 10.2. The minimum absolute atomic E-state index is 0.133. The molecule has 0 atom stereocenters. The lowest BCUT2D eigenvalue weighted by atomic mass is 10.2. The van der Waals surface area contributed by atoms with Crippen molar-refractivity contribution < 1.29 is 4.79 Å². The lowest BCUT2D eigenvalue weighted by Crippen LogP contribution is -2.27. The number of rotatable bonds is 7. The number of nitrogens with zero attached hydrogens (tertiary/aromatic N) is 4. The molecule has 0 bridgehead atoms. The number of aryl methyl sites for hydroxylation is 1. The van der Waals surface area contributed by atoms with Gasteiger partial charge < -0.3 is 10.6 Å². The molecule has 0 unspecified atom stereocenters. The van der Waals surface area contributed by atoms with Crippen molar-refractivity contribution in [3.63, 3.8) is 0 Å². The van der Waals surface area contributed by atoms with Gasteiger partial charge in [-0.2, -0.15) is 5.10 Å². The molecule has 0 aliphatic rings. The fourth-order valence-electron chi connectivity index (χ4n) is 2.34. The van der Waals surface area contributed by atoms with Crippen LogP contribution in [0.3, 0.4) is 0 Å². The lowest BCUT2D eigenvalue weighted by Gasteiger charge is -2.09. The number of carbonyl (C=O) groups excluding carboxylic acids is 1. The Hall–Kier alpha value is -3.48. The molecule has 0 aliphatic heterocycles. The van der Waals surface area contributed by atoms with E-state index in [1.807, 2.05) is 55.6 Å². The van der Waals surface area contributed by atoms with Gasteiger partial charge in [-0.1, -0.05) is 30.3 Å². The van der Waals surface area contributed by atoms with Gasteiger partial charge in [0, 0.05) is 37.6 Å². The molecule has 2 heterocycles. The molecule has 26 heavy (non-hydrogen) atoms. The van der Waals surface area contributed by atoms with Gasteiger partial charge in [-0.05, 0) is 24.6 Å². The van der Waals surface area contributed by atoms with Crippen LogP contribution in [0.25, 0.3) is 11.9 Å². The molecule has 0 radical (unpaired) electrons. The number of aromatic nitrogens is 4. The average molecular weight is 348 g/mol. The summed E-state index contributed by atoms with van der Waals surface area (Å²) in [6.45, 7) is 2.87. The van der Waals surface area contributed by atoms with Crippen molar-refractivity contribution in [2.75, 3.05) is 18.4 Å². The van der Waals surface area contributed by atoms with E-state index in [0.29, 0.717) is 30.5 Å². The van der Waals surface area contributed by atoms with Crippen LogP contribution in [-0.4, -0.2) is 38.7 Å². The number of amides is 1. The molecule has 3 rings (SSSR count). The van der Waals surface area contributed by atoms with E-state index in [2.05, 4.69) is 25.7 Å². The molecular weight excluding hydrogens is 328 g/mol. The highest BCUT2D eigenvalue weighted by atomic mass is 16.1. The zero-order valence-corrected chi connectivity index (χ0v) is 14.5. The lowest BCUT2D eigenvalue weighted by molar-refractivity contribution is -0.116. The second-order valence-corrected chi connectivity index (χ2v) is 5.57. The summed E-state index contributed by atoms with van der Waals surface area (Å²) < 4.78 is 1.68. The minimum atomic E-state index is -0.133. The van der Waals surface area contributed by atoms with Crippen molar-refractivity contribution in [3.05, 3.63) is 72.3 Å². The van der Waals surface area contributed by atoms with Gasteiger partial charge in [0.25, 0.3) is 0 Å². The van der Waals surface area contributed by atoms with Crippen LogP contribution < -0.4 is 10.6 Å². The fraction of sp³-hybridized carbons (Fsp3) is 0.158. The van der Waals surface area contributed by atoms with Crippen LogP contribution in [0.5, 0.6) is 0 Å². The first-order valence-corrected chi connectivity index (χ1v) is 8.31. The standard InChI is InChI=1S/C19H20N6O/c1-15-23-17(14-18(24-15)25-13-5-10-22-25)20-11-12-21-19(26)9-8-16-6-3-2-4-7-16/h2-10,13-14H,11-12H2,1H3,(H,21,26)(H,20,23,24)/b9-8+. The highest BCUT2D eigenvalue weighted by Gasteiger charge is 2.04. The topological polar surface area (TPSA) is 84.7 Å². The van der Waals surface area contributed by atoms with Crippen LogP contribution in [0.2, 0.25) is 0 Å². The van der Waals surface area contributed by atoms with E-state index in [9.17, 15) is 4.79 Å². The third-order valence-corrected chi connectivity index (χ3v) is 3.52. The second kappa shape index (κ2) is 8.57. The van der Waals surface area contributed by atoms with Crippen LogP contribution in [-0.2, 0) is 4.79 Å². The average Bonchev–Trinajstić information content (AvgIpc) is 3.19. The van der Waals surface area contributed by atoms with Gasteiger partial charge >= 0.3 is 0 Å². The summed E-state index contributed by atoms with van der Waals surface area (Å²) >= 11 is 0.